The molecule has 0 unspecified atom stereocenters. The van der Waals surface area contributed by atoms with E-state index in [9.17, 15) is 5.11 Å². The van der Waals surface area contributed by atoms with E-state index in [1.807, 2.05) is 0 Å². The van der Waals surface area contributed by atoms with Crippen LogP contribution >= 0.6 is 0 Å². The Hall–Kier alpha value is -0.830. The van der Waals surface area contributed by atoms with Gasteiger partial charge in [0.25, 0.3) is 0 Å². The van der Waals surface area contributed by atoms with Gasteiger partial charge >= 0.3 is 0 Å². The zero-order chi connectivity index (χ0) is 15.7. The summed E-state index contributed by atoms with van der Waals surface area (Å²) in [5, 5.41) is 14.6. The van der Waals surface area contributed by atoms with Gasteiger partial charge in [-0.1, -0.05) is 20.8 Å². The van der Waals surface area contributed by atoms with Crippen molar-refractivity contribution in [1.82, 2.24) is 9.78 Å². The van der Waals surface area contributed by atoms with Gasteiger partial charge in [0.15, 0.2) is 0 Å². The third-order valence-corrected chi connectivity index (χ3v) is 5.45. The molecule has 3 heteroatoms. The molecule has 1 heterocycles. The molecule has 3 nitrogen and oxygen atoms in total. The highest BCUT2D eigenvalue weighted by Gasteiger charge is 2.39. The molecule has 0 aromatic carbocycles. The number of aliphatic hydroxyl groups is 1. The van der Waals surface area contributed by atoms with Gasteiger partial charge in [-0.05, 0) is 68.8 Å². The Kier molecular flexibility index (Phi) is 4.82. The van der Waals surface area contributed by atoms with Crippen molar-refractivity contribution in [2.75, 3.05) is 6.61 Å². The lowest BCUT2D eigenvalue weighted by molar-refractivity contribution is 0.0355. The van der Waals surface area contributed by atoms with Crippen LogP contribution in [0.15, 0.2) is 6.07 Å². The number of aromatic nitrogens is 2. The molecular formula is C18H32N2O. The van der Waals surface area contributed by atoms with Gasteiger partial charge in [-0.25, -0.2) is 0 Å². The van der Waals surface area contributed by atoms with Gasteiger partial charge in [-0.2, -0.15) is 5.10 Å². The fourth-order valence-electron chi connectivity index (χ4n) is 3.89. The lowest BCUT2D eigenvalue weighted by Crippen LogP contribution is -2.37. The highest BCUT2D eigenvalue weighted by molar-refractivity contribution is 5.12. The Bertz CT molecular complexity index is 462. The first-order valence-electron chi connectivity index (χ1n) is 8.44. The SMILES string of the molecule is CCn1nc(C)cc1CC1(CO)CCC(C(C)(C)C)CC1. The largest absolute Gasteiger partial charge is 0.396 e. The van der Waals surface area contributed by atoms with Crippen molar-refractivity contribution in [3.8, 4) is 0 Å². The second-order valence-electron chi connectivity index (χ2n) is 8.07. The van der Waals surface area contributed by atoms with E-state index < -0.39 is 0 Å². The average molecular weight is 292 g/mol. The first-order valence-corrected chi connectivity index (χ1v) is 8.44. The zero-order valence-corrected chi connectivity index (χ0v) is 14.4. The highest BCUT2D eigenvalue weighted by Crippen LogP contribution is 2.46. The van der Waals surface area contributed by atoms with Crippen LogP contribution in [-0.2, 0) is 13.0 Å². The maximum atomic E-state index is 10.0. The quantitative estimate of drug-likeness (QED) is 0.912. The molecule has 1 aromatic rings. The van der Waals surface area contributed by atoms with Crippen LogP contribution in [0.3, 0.4) is 0 Å². The van der Waals surface area contributed by atoms with Gasteiger partial charge in [0.1, 0.15) is 0 Å². The van der Waals surface area contributed by atoms with Gasteiger partial charge in [0.05, 0.1) is 5.69 Å². The lowest BCUT2D eigenvalue weighted by Gasteiger charge is -2.43. The lowest BCUT2D eigenvalue weighted by atomic mass is 9.63. The van der Waals surface area contributed by atoms with Crippen molar-refractivity contribution in [2.45, 2.75) is 73.3 Å². The van der Waals surface area contributed by atoms with E-state index >= 15 is 0 Å². The number of aliphatic hydroxyl groups excluding tert-OH is 1. The van der Waals surface area contributed by atoms with Crippen LogP contribution in [0.1, 0.15) is 64.8 Å². The van der Waals surface area contributed by atoms with Crippen LogP contribution < -0.4 is 0 Å². The van der Waals surface area contributed by atoms with E-state index in [1.54, 1.807) is 0 Å². The summed E-state index contributed by atoms with van der Waals surface area (Å²) in [5.74, 6) is 0.787. The smallest absolute Gasteiger partial charge is 0.0596 e. The van der Waals surface area contributed by atoms with Gasteiger partial charge in [-0.3, -0.25) is 4.68 Å². The summed E-state index contributed by atoms with van der Waals surface area (Å²) < 4.78 is 2.10. The second-order valence-corrected chi connectivity index (χ2v) is 8.07. The molecule has 0 aliphatic heterocycles. The third-order valence-electron chi connectivity index (χ3n) is 5.45. The molecule has 1 aliphatic carbocycles. The van der Waals surface area contributed by atoms with Crippen LogP contribution in [0.4, 0.5) is 0 Å². The molecule has 0 atom stereocenters. The minimum Gasteiger partial charge on any atom is -0.396 e. The monoisotopic (exact) mass is 292 g/mol. The molecule has 1 N–H and O–H groups in total. The van der Waals surface area contributed by atoms with E-state index in [0.29, 0.717) is 12.0 Å². The molecule has 2 rings (SSSR count). The molecule has 0 bridgehead atoms. The Morgan fingerprint density at radius 3 is 2.43 bits per heavy atom. The topological polar surface area (TPSA) is 38.0 Å². The van der Waals surface area contributed by atoms with Crippen molar-refractivity contribution < 1.29 is 5.11 Å². The second kappa shape index (κ2) is 6.12. The molecule has 1 fully saturated rings. The van der Waals surface area contributed by atoms with Gasteiger partial charge in [-0.15, -0.1) is 0 Å². The highest BCUT2D eigenvalue weighted by atomic mass is 16.3. The maximum Gasteiger partial charge on any atom is 0.0596 e. The Labute approximate surface area is 129 Å². The minimum absolute atomic E-state index is 0.0706. The van der Waals surface area contributed by atoms with Crippen LogP contribution in [0, 0.1) is 23.7 Å². The first kappa shape index (κ1) is 16.5. The number of hydrogen-bond donors (Lipinski definition) is 1. The molecule has 1 aromatic heterocycles. The predicted molar refractivity (Wildman–Crippen MR) is 87.3 cm³/mol. The maximum absolute atomic E-state index is 10.0. The number of rotatable bonds is 4. The average Bonchev–Trinajstić information content (AvgIpc) is 2.78. The summed E-state index contributed by atoms with van der Waals surface area (Å²) >= 11 is 0. The predicted octanol–water partition coefficient (Wildman–Crippen LogP) is 3.97. The van der Waals surface area contributed by atoms with E-state index in [0.717, 1.165) is 37.4 Å². The molecule has 1 aliphatic rings. The summed E-state index contributed by atoms with van der Waals surface area (Å²) in [7, 11) is 0. The first-order chi connectivity index (χ1) is 9.79. The zero-order valence-electron chi connectivity index (χ0n) is 14.4. The van der Waals surface area contributed by atoms with Crippen molar-refractivity contribution in [1.29, 1.82) is 0 Å². The molecule has 1 saturated carbocycles. The number of hydrogen-bond acceptors (Lipinski definition) is 2. The molecule has 0 radical (unpaired) electrons. The number of aryl methyl sites for hydroxylation is 2. The molecule has 120 valence electrons. The minimum atomic E-state index is 0.0706. The summed E-state index contributed by atoms with van der Waals surface area (Å²) in [4.78, 5) is 0. The van der Waals surface area contributed by atoms with E-state index in [-0.39, 0.29) is 5.41 Å². The molecule has 21 heavy (non-hydrogen) atoms. The molecule has 0 spiro atoms. The molecule has 0 amide bonds. The van der Waals surface area contributed by atoms with Crippen LogP contribution in [-0.4, -0.2) is 21.5 Å². The third kappa shape index (κ3) is 3.68. The van der Waals surface area contributed by atoms with E-state index in [2.05, 4.69) is 50.5 Å². The molecular weight excluding hydrogens is 260 g/mol. The van der Waals surface area contributed by atoms with Crippen LogP contribution in [0.25, 0.3) is 0 Å². The van der Waals surface area contributed by atoms with Crippen molar-refractivity contribution in [3.63, 3.8) is 0 Å². The van der Waals surface area contributed by atoms with Crippen molar-refractivity contribution >= 4 is 0 Å². The summed E-state index contributed by atoms with van der Waals surface area (Å²) in [5.41, 5.74) is 2.84. The van der Waals surface area contributed by atoms with Crippen molar-refractivity contribution in [3.05, 3.63) is 17.5 Å². The fourth-order valence-corrected chi connectivity index (χ4v) is 3.89. The van der Waals surface area contributed by atoms with Crippen LogP contribution in [0.2, 0.25) is 0 Å². The van der Waals surface area contributed by atoms with Gasteiger partial charge in [0, 0.05) is 18.8 Å². The van der Waals surface area contributed by atoms with E-state index in [1.165, 1.54) is 18.5 Å². The normalized spacial score (nSPS) is 27.0. The Morgan fingerprint density at radius 1 is 1.33 bits per heavy atom. The van der Waals surface area contributed by atoms with Crippen molar-refractivity contribution in [2.24, 2.45) is 16.7 Å². The van der Waals surface area contributed by atoms with Gasteiger partial charge < -0.3 is 5.11 Å². The Morgan fingerprint density at radius 2 is 1.95 bits per heavy atom. The summed E-state index contributed by atoms with van der Waals surface area (Å²) in [6.45, 7) is 12.4. The fraction of sp³-hybridized carbons (Fsp3) is 0.833. The summed E-state index contributed by atoms with van der Waals surface area (Å²) in [6, 6.07) is 2.19. The Balaban J connectivity index is 2.10. The van der Waals surface area contributed by atoms with E-state index in [4.69, 9.17) is 0 Å². The standard InChI is InChI=1S/C18H32N2O/c1-6-20-16(11-14(2)19-20)12-18(13-21)9-7-15(8-10-18)17(3,4)5/h11,15,21H,6-10,12-13H2,1-5H3. The van der Waals surface area contributed by atoms with Crippen LogP contribution in [0.5, 0.6) is 0 Å². The summed E-state index contributed by atoms with van der Waals surface area (Å²) in [6.07, 6.45) is 5.72. The van der Waals surface area contributed by atoms with Gasteiger partial charge in [0.2, 0.25) is 0 Å². The molecule has 0 saturated heterocycles. The number of nitrogens with zero attached hydrogens (tertiary/aromatic N) is 2.